The lowest BCUT2D eigenvalue weighted by molar-refractivity contribution is -0.130. The van der Waals surface area contributed by atoms with Crippen LogP contribution in [0.25, 0.3) is 11.0 Å². The average molecular weight is 304 g/mol. The maximum absolute atomic E-state index is 11.9. The summed E-state index contributed by atoms with van der Waals surface area (Å²) in [7, 11) is 3.45. The van der Waals surface area contributed by atoms with Crippen LogP contribution in [-0.4, -0.2) is 69.4 Å². The summed E-state index contributed by atoms with van der Waals surface area (Å²) in [5.41, 5.74) is 1.51. The number of anilines is 1. The van der Waals surface area contributed by atoms with E-state index in [0.717, 1.165) is 16.9 Å². The first kappa shape index (κ1) is 14.7. The van der Waals surface area contributed by atoms with Gasteiger partial charge in [-0.1, -0.05) is 0 Å². The van der Waals surface area contributed by atoms with Crippen LogP contribution in [-0.2, 0) is 4.79 Å². The van der Waals surface area contributed by atoms with Crippen molar-refractivity contribution in [1.29, 1.82) is 0 Å². The highest BCUT2D eigenvalue weighted by Crippen LogP contribution is 2.30. The summed E-state index contributed by atoms with van der Waals surface area (Å²) in [6, 6.07) is 0. The van der Waals surface area contributed by atoms with Crippen molar-refractivity contribution >= 4 is 22.8 Å². The summed E-state index contributed by atoms with van der Waals surface area (Å²) in [5.74, 6) is 0.695. The van der Waals surface area contributed by atoms with Crippen LogP contribution in [0.3, 0.4) is 0 Å². The molecule has 0 saturated carbocycles. The number of carbonyl (C=O) groups is 1. The van der Waals surface area contributed by atoms with E-state index >= 15 is 0 Å². The van der Waals surface area contributed by atoms with E-state index in [9.17, 15) is 9.90 Å². The van der Waals surface area contributed by atoms with E-state index in [1.807, 2.05) is 11.8 Å². The summed E-state index contributed by atoms with van der Waals surface area (Å²) in [6.07, 6.45) is 1.27. The Kier molecular flexibility index (Phi) is 3.69. The van der Waals surface area contributed by atoms with Crippen LogP contribution in [0.15, 0.2) is 6.33 Å². The topological polar surface area (TPSA) is 98.2 Å². The van der Waals surface area contributed by atoms with Gasteiger partial charge in [0.2, 0.25) is 5.91 Å². The largest absolute Gasteiger partial charge is 0.391 e. The van der Waals surface area contributed by atoms with Gasteiger partial charge in [0.1, 0.15) is 12.1 Å². The predicted molar refractivity (Wildman–Crippen MR) is 81.4 cm³/mol. The van der Waals surface area contributed by atoms with E-state index in [-0.39, 0.29) is 11.8 Å². The molecule has 1 amide bonds. The van der Waals surface area contributed by atoms with Crippen LogP contribution in [0.1, 0.15) is 12.1 Å². The number of H-pyrrole nitrogens is 1. The number of aromatic amines is 1. The highest BCUT2D eigenvalue weighted by Gasteiger charge is 2.34. The Morgan fingerprint density at radius 1 is 1.45 bits per heavy atom. The van der Waals surface area contributed by atoms with Gasteiger partial charge in [0.05, 0.1) is 11.5 Å². The number of hydrogen-bond acceptors (Lipinski definition) is 6. The van der Waals surface area contributed by atoms with E-state index in [1.54, 1.807) is 19.0 Å². The molecule has 1 aliphatic heterocycles. The van der Waals surface area contributed by atoms with E-state index in [4.69, 9.17) is 0 Å². The number of aromatic nitrogens is 4. The molecule has 0 bridgehead atoms. The molecule has 1 aliphatic rings. The van der Waals surface area contributed by atoms with Crippen molar-refractivity contribution in [3.05, 3.63) is 12.0 Å². The molecule has 0 aromatic carbocycles. The molecule has 2 N–H and O–H groups in total. The molecule has 8 nitrogen and oxygen atoms in total. The maximum Gasteiger partial charge on any atom is 0.222 e. The first-order chi connectivity index (χ1) is 10.5. The lowest BCUT2D eigenvalue weighted by Crippen LogP contribution is -2.28. The van der Waals surface area contributed by atoms with Crippen LogP contribution < -0.4 is 4.90 Å². The summed E-state index contributed by atoms with van der Waals surface area (Å²) >= 11 is 0. The zero-order chi connectivity index (χ0) is 15.9. The Morgan fingerprint density at radius 2 is 2.23 bits per heavy atom. The smallest absolute Gasteiger partial charge is 0.222 e. The van der Waals surface area contributed by atoms with E-state index in [1.165, 1.54) is 6.33 Å². The fourth-order valence-electron chi connectivity index (χ4n) is 2.85. The van der Waals surface area contributed by atoms with Crippen molar-refractivity contribution in [3.63, 3.8) is 0 Å². The average Bonchev–Trinajstić information content (AvgIpc) is 3.03. The molecule has 0 spiro atoms. The molecule has 8 heteroatoms. The Morgan fingerprint density at radius 3 is 2.95 bits per heavy atom. The molecule has 0 radical (unpaired) electrons. The number of aryl methyl sites for hydroxylation is 1. The number of carbonyl (C=O) groups excluding carboxylic acids is 1. The maximum atomic E-state index is 11.9. The Bertz CT molecular complexity index is 698. The number of aliphatic hydroxyl groups excluding tert-OH is 1. The van der Waals surface area contributed by atoms with Crippen molar-refractivity contribution in [1.82, 2.24) is 25.1 Å². The van der Waals surface area contributed by atoms with Crippen LogP contribution >= 0.6 is 0 Å². The zero-order valence-electron chi connectivity index (χ0n) is 12.9. The van der Waals surface area contributed by atoms with Crippen molar-refractivity contribution < 1.29 is 9.90 Å². The summed E-state index contributed by atoms with van der Waals surface area (Å²) < 4.78 is 0. The molecule has 0 unspecified atom stereocenters. The molecule has 3 heterocycles. The number of amides is 1. The molecular formula is C14H20N6O2. The zero-order valence-corrected chi connectivity index (χ0v) is 12.9. The molecule has 2 atom stereocenters. The third-order valence-electron chi connectivity index (χ3n) is 4.15. The summed E-state index contributed by atoms with van der Waals surface area (Å²) in [4.78, 5) is 23.9. The van der Waals surface area contributed by atoms with E-state index in [0.29, 0.717) is 25.2 Å². The first-order valence-corrected chi connectivity index (χ1v) is 7.26. The number of hydrogen-bond donors (Lipinski definition) is 2. The van der Waals surface area contributed by atoms with Gasteiger partial charge in [0, 0.05) is 45.2 Å². The van der Waals surface area contributed by atoms with Crippen molar-refractivity contribution in [2.45, 2.75) is 19.4 Å². The molecule has 1 saturated heterocycles. The molecule has 118 valence electrons. The molecule has 2 aromatic heterocycles. The lowest BCUT2D eigenvalue weighted by atomic mass is 10.0. The minimum Gasteiger partial charge on any atom is -0.391 e. The van der Waals surface area contributed by atoms with E-state index < -0.39 is 6.10 Å². The number of fused-ring (bicyclic) bond motifs is 1. The summed E-state index contributed by atoms with van der Waals surface area (Å²) in [6.45, 7) is 2.97. The lowest BCUT2D eigenvalue weighted by Gasteiger charge is -2.18. The minimum absolute atomic E-state index is 0.0261. The predicted octanol–water partition coefficient (Wildman–Crippen LogP) is -0.0633. The van der Waals surface area contributed by atoms with Crippen molar-refractivity contribution in [2.24, 2.45) is 5.92 Å². The second-order valence-electron chi connectivity index (χ2n) is 5.97. The van der Waals surface area contributed by atoms with Crippen LogP contribution in [0.4, 0.5) is 5.82 Å². The van der Waals surface area contributed by atoms with Gasteiger partial charge < -0.3 is 14.9 Å². The Hall–Kier alpha value is -2.22. The van der Waals surface area contributed by atoms with E-state index in [2.05, 4.69) is 20.2 Å². The van der Waals surface area contributed by atoms with Crippen LogP contribution in [0.5, 0.6) is 0 Å². The first-order valence-electron chi connectivity index (χ1n) is 7.26. The number of nitrogens with one attached hydrogen (secondary N) is 1. The van der Waals surface area contributed by atoms with Gasteiger partial charge in [-0.3, -0.25) is 9.89 Å². The number of rotatable bonds is 3. The van der Waals surface area contributed by atoms with Gasteiger partial charge >= 0.3 is 0 Å². The fraction of sp³-hybridized carbons (Fsp3) is 0.571. The highest BCUT2D eigenvalue weighted by atomic mass is 16.3. The molecule has 1 fully saturated rings. The molecule has 3 rings (SSSR count). The fourth-order valence-corrected chi connectivity index (χ4v) is 2.85. The third-order valence-corrected chi connectivity index (χ3v) is 4.15. The second kappa shape index (κ2) is 5.53. The molecule has 22 heavy (non-hydrogen) atoms. The minimum atomic E-state index is -0.541. The van der Waals surface area contributed by atoms with Gasteiger partial charge in [-0.25, -0.2) is 9.97 Å². The quantitative estimate of drug-likeness (QED) is 0.824. The van der Waals surface area contributed by atoms with Crippen molar-refractivity contribution in [2.75, 3.05) is 32.1 Å². The van der Waals surface area contributed by atoms with Crippen LogP contribution in [0.2, 0.25) is 0 Å². The summed E-state index contributed by atoms with van der Waals surface area (Å²) in [5, 5.41) is 18.2. The Balaban J connectivity index is 1.84. The molecule has 0 aliphatic carbocycles. The van der Waals surface area contributed by atoms with Gasteiger partial charge in [0.25, 0.3) is 0 Å². The van der Waals surface area contributed by atoms with Crippen molar-refractivity contribution in [3.8, 4) is 0 Å². The molecular weight excluding hydrogens is 284 g/mol. The Labute approximate surface area is 128 Å². The van der Waals surface area contributed by atoms with Gasteiger partial charge in [-0.2, -0.15) is 5.10 Å². The van der Waals surface area contributed by atoms with Gasteiger partial charge in [0.15, 0.2) is 5.65 Å². The van der Waals surface area contributed by atoms with Gasteiger partial charge in [-0.15, -0.1) is 0 Å². The normalized spacial score (nSPS) is 21.5. The second-order valence-corrected chi connectivity index (χ2v) is 5.97. The SMILES string of the molecule is Cc1[nH]nc2ncnc(N3C[C@@H](CC(=O)N(C)C)[C@H](O)C3)c12. The molecule has 2 aromatic rings. The number of nitrogens with zero attached hydrogens (tertiary/aromatic N) is 5. The van der Waals surface area contributed by atoms with Gasteiger partial charge in [-0.05, 0) is 6.92 Å². The number of aliphatic hydroxyl groups is 1. The highest BCUT2D eigenvalue weighted by molar-refractivity contribution is 5.89. The number of β-amino-alcohol motifs (C(OH)–C–C–N with tert-alkyl or cyclic N) is 1. The standard InChI is InChI=1S/C14H20N6O2/c1-8-12-13(18-17-8)15-7-16-14(12)20-5-9(10(21)6-20)4-11(22)19(2)3/h7,9-10,21H,4-6H2,1-3H3,(H,15,16,17,18)/t9-,10-/m1/s1. The monoisotopic (exact) mass is 304 g/mol. The third kappa shape index (κ3) is 2.50. The van der Waals surface area contributed by atoms with Crippen LogP contribution in [0, 0.1) is 12.8 Å².